The maximum Gasteiger partial charge on any atom is 0.350 e. The molecule has 0 bridgehead atoms. The number of ketones is 1. The van der Waals surface area contributed by atoms with Crippen molar-refractivity contribution >= 4 is 34.1 Å². The van der Waals surface area contributed by atoms with Crippen molar-refractivity contribution in [2.24, 2.45) is 0 Å². The van der Waals surface area contributed by atoms with Gasteiger partial charge in [-0.25, -0.2) is 14.2 Å². The number of aromatic nitrogens is 1. The van der Waals surface area contributed by atoms with E-state index in [0.29, 0.717) is 17.0 Å². The van der Waals surface area contributed by atoms with E-state index in [9.17, 15) is 23.9 Å². The van der Waals surface area contributed by atoms with Gasteiger partial charge in [-0.2, -0.15) is 0 Å². The van der Waals surface area contributed by atoms with E-state index in [1.54, 1.807) is 19.9 Å². The zero-order valence-corrected chi connectivity index (χ0v) is 18.0. The van der Waals surface area contributed by atoms with Crippen LogP contribution in [-0.4, -0.2) is 34.9 Å². The first-order valence-corrected chi connectivity index (χ1v) is 10.2. The summed E-state index contributed by atoms with van der Waals surface area (Å²) in [5.41, 5.74) is 0.453. The number of esters is 1. The van der Waals surface area contributed by atoms with Gasteiger partial charge in [-0.1, -0.05) is 23.5 Å². The van der Waals surface area contributed by atoms with Gasteiger partial charge in [0, 0.05) is 0 Å². The van der Waals surface area contributed by atoms with Crippen LogP contribution in [0.25, 0.3) is 0 Å². The van der Waals surface area contributed by atoms with Crippen molar-refractivity contribution in [3.63, 3.8) is 0 Å². The van der Waals surface area contributed by atoms with Crippen LogP contribution >= 0.6 is 11.3 Å². The number of halogens is 1. The third-order valence-corrected chi connectivity index (χ3v) is 6.10. The lowest BCUT2D eigenvalue weighted by atomic mass is 9.95. The molecule has 1 amide bonds. The summed E-state index contributed by atoms with van der Waals surface area (Å²) in [4.78, 5) is 43.9. The Labute approximate surface area is 185 Å². The molecule has 0 unspecified atom stereocenters. The van der Waals surface area contributed by atoms with Crippen LogP contribution in [0.5, 0.6) is 0 Å². The molecule has 1 N–H and O–H groups in total. The molecule has 1 aromatic carbocycles. The van der Waals surface area contributed by atoms with Crippen molar-refractivity contribution in [3.05, 3.63) is 81.2 Å². The number of amides is 1. The molecular formula is C22H17FN2O6S. The second-order valence-electron chi connectivity index (χ2n) is 7.03. The molecular weight excluding hydrogens is 439 g/mol. The van der Waals surface area contributed by atoms with Crippen molar-refractivity contribution in [1.29, 1.82) is 0 Å². The fraction of sp³-hybridized carbons (Fsp3) is 0.182. The van der Waals surface area contributed by atoms with Crippen LogP contribution < -0.4 is 4.90 Å². The number of thiazole rings is 1. The number of benzene rings is 1. The van der Waals surface area contributed by atoms with Crippen LogP contribution in [-0.2, 0) is 9.53 Å². The van der Waals surface area contributed by atoms with E-state index in [2.05, 4.69) is 4.98 Å². The smallest absolute Gasteiger partial charge is 0.350 e. The maximum absolute atomic E-state index is 13.6. The minimum atomic E-state index is -1.11. The van der Waals surface area contributed by atoms with Crippen LogP contribution in [0.1, 0.15) is 43.3 Å². The molecule has 0 saturated heterocycles. The molecule has 10 heteroatoms. The summed E-state index contributed by atoms with van der Waals surface area (Å²) in [5.74, 6) is -3.06. The summed E-state index contributed by atoms with van der Waals surface area (Å²) in [5, 5.41) is 10.8. The van der Waals surface area contributed by atoms with E-state index in [0.717, 1.165) is 16.2 Å². The summed E-state index contributed by atoms with van der Waals surface area (Å²) < 4.78 is 23.7. The molecule has 0 radical (unpaired) electrons. The summed E-state index contributed by atoms with van der Waals surface area (Å²) in [6.45, 7) is 3.23. The molecule has 0 spiro atoms. The number of carbonyl (C=O) groups excluding carboxylic acids is 3. The summed E-state index contributed by atoms with van der Waals surface area (Å²) in [7, 11) is 1.22. The number of furan rings is 1. The molecule has 1 atom stereocenters. The SMILES string of the molecule is COC(=O)c1sc(N2C(=O)C(O)=C(C(=O)c3ccc(C)o3)[C@H]2c2ccc(F)cc2)nc1C. The first-order chi connectivity index (χ1) is 15.2. The molecule has 0 fully saturated rings. The van der Waals surface area contributed by atoms with E-state index in [-0.39, 0.29) is 21.3 Å². The summed E-state index contributed by atoms with van der Waals surface area (Å²) >= 11 is 0.883. The molecule has 4 rings (SSSR count). The number of Topliss-reactive ketones (excluding diaryl/α,β-unsaturated/α-hetero) is 1. The lowest BCUT2D eigenvalue weighted by molar-refractivity contribution is -0.117. The number of aliphatic hydroxyl groups is 1. The predicted octanol–water partition coefficient (Wildman–Crippen LogP) is 4.06. The van der Waals surface area contributed by atoms with Crippen molar-refractivity contribution in [3.8, 4) is 0 Å². The predicted molar refractivity (Wildman–Crippen MR) is 112 cm³/mol. The quantitative estimate of drug-likeness (QED) is 0.455. The van der Waals surface area contributed by atoms with Crippen molar-refractivity contribution < 1.29 is 33.0 Å². The Kier molecular flexibility index (Phi) is 5.39. The van der Waals surface area contributed by atoms with E-state index >= 15 is 0 Å². The summed E-state index contributed by atoms with van der Waals surface area (Å²) in [6.07, 6.45) is 0. The van der Waals surface area contributed by atoms with Gasteiger partial charge in [0.2, 0.25) is 5.78 Å². The van der Waals surface area contributed by atoms with Gasteiger partial charge in [0.25, 0.3) is 5.91 Å². The molecule has 164 valence electrons. The van der Waals surface area contributed by atoms with Crippen LogP contribution in [0.15, 0.2) is 52.1 Å². The molecule has 3 aromatic rings. The molecule has 0 aliphatic carbocycles. The van der Waals surface area contributed by atoms with E-state index < -0.39 is 35.3 Å². The lowest BCUT2D eigenvalue weighted by Crippen LogP contribution is -2.31. The van der Waals surface area contributed by atoms with Crippen molar-refractivity contribution in [2.75, 3.05) is 12.0 Å². The van der Waals surface area contributed by atoms with Crippen LogP contribution in [0.2, 0.25) is 0 Å². The van der Waals surface area contributed by atoms with Gasteiger partial charge in [-0.3, -0.25) is 14.5 Å². The normalized spacial score (nSPS) is 16.1. The fourth-order valence-corrected chi connectivity index (χ4v) is 4.46. The lowest BCUT2D eigenvalue weighted by Gasteiger charge is -2.24. The Morgan fingerprint density at radius 3 is 2.47 bits per heavy atom. The number of carbonyl (C=O) groups is 3. The highest BCUT2D eigenvalue weighted by atomic mass is 32.1. The van der Waals surface area contributed by atoms with Gasteiger partial charge in [0.1, 0.15) is 16.5 Å². The molecule has 1 aliphatic heterocycles. The van der Waals surface area contributed by atoms with Gasteiger partial charge in [-0.15, -0.1) is 0 Å². The number of methoxy groups -OCH3 is 1. The van der Waals surface area contributed by atoms with Crippen LogP contribution in [0.4, 0.5) is 9.52 Å². The second-order valence-corrected chi connectivity index (χ2v) is 8.01. The average Bonchev–Trinajstić information content (AvgIpc) is 3.44. The van der Waals surface area contributed by atoms with Crippen molar-refractivity contribution in [2.45, 2.75) is 19.9 Å². The number of ether oxygens (including phenoxy) is 1. The Morgan fingerprint density at radius 2 is 1.88 bits per heavy atom. The third-order valence-electron chi connectivity index (χ3n) is 4.96. The molecule has 32 heavy (non-hydrogen) atoms. The topological polar surface area (TPSA) is 110 Å². The van der Waals surface area contributed by atoms with Crippen LogP contribution in [0, 0.1) is 19.7 Å². The number of anilines is 1. The standard InChI is InChI=1S/C22H17FN2O6S/c1-10-4-9-14(31-10)17(26)15-16(12-5-7-13(23)8-6-12)25(20(28)18(15)27)22-24-11(2)19(32-22)21(29)30-3/h4-9,16,27H,1-3H3/t16-/m1/s1. The largest absolute Gasteiger partial charge is 0.503 e. The van der Waals surface area contributed by atoms with Gasteiger partial charge in [-0.05, 0) is 43.7 Å². The third kappa shape index (κ3) is 3.48. The zero-order valence-electron chi connectivity index (χ0n) is 17.2. The Hall–Kier alpha value is -3.79. The van der Waals surface area contributed by atoms with Gasteiger partial charge in [0.15, 0.2) is 16.7 Å². The molecule has 1 aliphatic rings. The molecule has 8 nitrogen and oxygen atoms in total. The highest BCUT2D eigenvalue weighted by molar-refractivity contribution is 7.17. The first-order valence-electron chi connectivity index (χ1n) is 9.42. The zero-order chi connectivity index (χ0) is 23.2. The van der Waals surface area contributed by atoms with E-state index in [1.807, 2.05) is 0 Å². The van der Waals surface area contributed by atoms with Gasteiger partial charge in [0.05, 0.1) is 24.4 Å². The number of aryl methyl sites for hydroxylation is 2. The minimum Gasteiger partial charge on any atom is -0.503 e. The minimum absolute atomic E-state index is 0.0589. The Balaban J connectivity index is 1.87. The summed E-state index contributed by atoms with van der Waals surface area (Å²) in [6, 6.07) is 7.08. The molecule has 3 heterocycles. The number of rotatable bonds is 5. The second kappa shape index (κ2) is 8.04. The van der Waals surface area contributed by atoms with E-state index in [4.69, 9.17) is 9.15 Å². The van der Waals surface area contributed by atoms with Gasteiger partial charge < -0.3 is 14.3 Å². The van der Waals surface area contributed by atoms with Crippen LogP contribution in [0.3, 0.4) is 0 Å². The fourth-order valence-electron chi connectivity index (χ4n) is 3.45. The number of hydrogen-bond acceptors (Lipinski definition) is 8. The molecule has 0 saturated carbocycles. The monoisotopic (exact) mass is 456 g/mol. The van der Waals surface area contributed by atoms with Gasteiger partial charge >= 0.3 is 5.97 Å². The number of aliphatic hydroxyl groups excluding tert-OH is 1. The maximum atomic E-state index is 13.6. The number of nitrogens with zero attached hydrogens (tertiary/aromatic N) is 2. The van der Waals surface area contributed by atoms with E-state index in [1.165, 1.54) is 37.4 Å². The number of hydrogen-bond donors (Lipinski definition) is 1. The Bertz CT molecular complexity index is 1270. The highest BCUT2D eigenvalue weighted by Gasteiger charge is 2.46. The average molecular weight is 456 g/mol. The Morgan fingerprint density at radius 1 is 1.19 bits per heavy atom. The highest BCUT2D eigenvalue weighted by Crippen LogP contribution is 2.43. The first kappa shape index (κ1) is 21.4. The van der Waals surface area contributed by atoms with Crippen molar-refractivity contribution in [1.82, 2.24) is 4.98 Å². The molecule has 2 aromatic heterocycles.